The van der Waals surface area contributed by atoms with Crippen LogP contribution in [0.2, 0.25) is 0 Å². The predicted octanol–water partition coefficient (Wildman–Crippen LogP) is 4.13. The van der Waals surface area contributed by atoms with Crippen LogP contribution in [-0.4, -0.2) is 0 Å². The molecule has 0 bridgehead atoms. The Hall–Kier alpha value is -1.76. The van der Waals surface area contributed by atoms with Crippen LogP contribution in [0.3, 0.4) is 0 Å². The number of para-hydroxylation sites is 1. The molecule has 0 heterocycles. The van der Waals surface area contributed by atoms with E-state index in [-0.39, 0.29) is 5.41 Å². The van der Waals surface area contributed by atoms with Gasteiger partial charge in [0.25, 0.3) is 0 Å². The molecule has 0 amide bonds. The molecule has 1 aromatic carbocycles. The van der Waals surface area contributed by atoms with Gasteiger partial charge in [-0.2, -0.15) is 0 Å². The monoisotopic (exact) mass is 211 g/mol. The molecule has 1 aliphatic rings. The van der Waals surface area contributed by atoms with Gasteiger partial charge in [0, 0.05) is 16.8 Å². The SMILES string of the molecule is C=CC1(C)C=CC(Nc2ccccc2)=CC1. The summed E-state index contributed by atoms with van der Waals surface area (Å²) in [6, 6.07) is 10.2. The fraction of sp³-hybridized carbons (Fsp3) is 0.200. The molecule has 1 unspecified atom stereocenters. The predicted molar refractivity (Wildman–Crippen MR) is 70.2 cm³/mol. The fourth-order valence-corrected chi connectivity index (χ4v) is 1.68. The van der Waals surface area contributed by atoms with Crippen LogP contribution in [0.15, 0.2) is 66.9 Å². The van der Waals surface area contributed by atoms with Gasteiger partial charge in [0.2, 0.25) is 0 Å². The molecule has 1 heteroatoms. The summed E-state index contributed by atoms with van der Waals surface area (Å²) in [6.07, 6.45) is 9.54. The van der Waals surface area contributed by atoms with Crippen molar-refractivity contribution in [3.05, 3.63) is 66.9 Å². The molecule has 16 heavy (non-hydrogen) atoms. The molecular formula is C15H17N. The van der Waals surface area contributed by atoms with E-state index in [2.05, 4.69) is 49.2 Å². The van der Waals surface area contributed by atoms with Crippen LogP contribution < -0.4 is 5.32 Å². The molecule has 1 N–H and O–H groups in total. The molecule has 0 spiro atoms. The van der Waals surface area contributed by atoms with Crippen LogP contribution in [-0.2, 0) is 0 Å². The Bertz CT molecular complexity index is 428. The fourth-order valence-electron chi connectivity index (χ4n) is 1.68. The third-order valence-electron chi connectivity index (χ3n) is 2.93. The van der Waals surface area contributed by atoms with Crippen molar-refractivity contribution in [2.75, 3.05) is 5.32 Å². The third kappa shape index (κ3) is 2.43. The lowest BCUT2D eigenvalue weighted by Gasteiger charge is -2.24. The Kier molecular flexibility index (Phi) is 2.95. The molecule has 0 fully saturated rings. The van der Waals surface area contributed by atoms with Gasteiger partial charge in [-0.1, -0.05) is 43.4 Å². The van der Waals surface area contributed by atoms with Gasteiger partial charge in [0.15, 0.2) is 0 Å². The number of hydrogen-bond acceptors (Lipinski definition) is 1. The van der Waals surface area contributed by atoms with E-state index in [4.69, 9.17) is 0 Å². The molecular weight excluding hydrogens is 194 g/mol. The summed E-state index contributed by atoms with van der Waals surface area (Å²) in [4.78, 5) is 0. The number of rotatable bonds is 3. The van der Waals surface area contributed by atoms with E-state index in [0.29, 0.717) is 0 Å². The third-order valence-corrected chi connectivity index (χ3v) is 2.93. The quantitative estimate of drug-likeness (QED) is 0.741. The van der Waals surface area contributed by atoms with Crippen molar-refractivity contribution in [1.29, 1.82) is 0 Å². The van der Waals surface area contributed by atoms with Crippen LogP contribution in [0, 0.1) is 5.41 Å². The Balaban J connectivity index is 2.05. The number of benzene rings is 1. The molecule has 0 saturated heterocycles. The largest absolute Gasteiger partial charge is 0.356 e. The van der Waals surface area contributed by atoms with E-state index in [0.717, 1.165) is 17.8 Å². The normalized spacial score (nSPS) is 23.7. The lowest BCUT2D eigenvalue weighted by molar-refractivity contribution is 0.555. The second-order valence-corrected chi connectivity index (χ2v) is 4.40. The minimum absolute atomic E-state index is 0.113. The van der Waals surface area contributed by atoms with Crippen LogP contribution in [0.1, 0.15) is 13.3 Å². The zero-order valence-corrected chi connectivity index (χ0v) is 9.61. The molecule has 1 aromatic rings. The maximum atomic E-state index is 3.86. The summed E-state index contributed by atoms with van der Waals surface area (Å²) in [6.45, 7) is 6.05. The standard InChI is InChI=1S/C15H17N/c1-3-15(2)11-9-14(10-12-15)16-13-7-5-4-6-8-13/h3-11,16H,1,12H2,2H3. The van der Waals surface area contributed by atoms with Crippen LogP contribution in [0.5, 0.6) is 0 Å². The van der Waals surface area contributed by atoms with Gasteiger partial charge in [0.1, 0.15) is 0 Å². The van der Waals surface area contributed by atoms with Gasteiger partial charge in [-0.25, -0.2) is 0 Å². The lowest BCUT2D eigenvalue weighted by atomic mass is 9.83. The maximum absolute atomic E-state index is 3.86. The van der Waals surface area contributed by atoms with Crippen molar-refractivity contribution < 1.29 is 0 Å². The Labute approximate surface area is 97.2 Å². The van der Waals surface area contributed by atoms with Crippen molar-refractivity contribution in [2.45, 2.75) is 13.3 Å². The Morgan fingerprint density at radius 3 is 2.62 bits per heavy atom. The number of anilines is 1. The second kappa shape index (κ2) is 4.40. The summed E-state index contributed by atoms with van der Waals surface area (Å²) < 4.78 is 0. The average Bonchev–Trinajstić information content (AvgIpc) is 2.34. The van der Waals surface area contributed by atoms with Gasteiger partial charge in [-0.05, 0) is 24.6 Å². The molecule has 1 aliphatic carbocycles. The van der Waals surface area contributed by atoms with Crippen LogP contribution >= 0.6 is 0 Å². The lowest BCUT2D eigenvalue weighted by Crippen LogP contribution is -2.13. The molecule has 1 atom stereocenters. The highest BCUT2D eigenvalue weighted by atomic mass is 14.9. The highest BCUT2D eigenvalue weighted by Gasteiger charge is 2.17. The molecule has 0 saturated carbocycles. The van der Waals surface area contributed by atoms with Crippen molar-refractivity contribution in [3.8, 4) is 0 Å². The summed E-state index contributed by atoms with van der Waals surface area (Å²) >= 11 is 0. The molecule has 82 valence electrons. The van der Waals surface area contributed by atoms with Gasteiger partial charge in [0.05, 0.1) is 0 Å². The molecule has 0 aromatic heterocycles. The highest BCUT2D eigenvalue weighted by molar-refractivity contribution is 5.51. The maximum Gasteiger partial charge on any atom is 0.0384 e. The smallest absolute Gasteiger partial charge is 0.0384 e. The van der Waals surface area contributed by atoms with Gasteiger partial charge in [-0.3, -0.25) is 0 Å². The van der Waals surface area contributed by atoms with Crippen molar-refractivity contribution in [1.82, 2.24) is 0 Å². The van der Waals surface area contributed by atoms with Crippen molar-refractivity contribution in [2.24, 2.45) is 5.41 Å². The minimum Gasteiger partial charge on any atom is -0.356 e. The van der Waals surface area contributed by atoms with E-state index in [1.165, 1.54) is 0 Å². The molecule has 2 rings (SSSR count). The number of nitrogens with one attached hydrogen (secondary N) is 1. The van der Waals surface area contributed by atoms with E-state index >= 15 is 0 Å². The molecule has 0 radical (unpaired) electrons. The van der Waals surface area contributed by atoms with E-state index < -0.39 is 0 Å². The first-order valence-corrected chi connectivity index (χ1v) is 5.57. The Morgan fingerprint density at radius 1 is 1.31 bits per heavy atom. The molecule has 1 nitrogen and oxygen atoms in total. The number of allylic oxidation sites excluding steroid dienone is 4. The summed E-state index contributed by atoms with van der Waals surface area (Å²) in [7, 11) is 0. The van der Waals surface area contributed by atoms with Gasteiger partial charge in [-0.15, -0.1) is 6.58 Å². The van der Waals surface area contributed by atoms with E-state index in [1.54, 1.807) is 0 Å². The average molecular weight is 211 g/mol. The minimum atomic E-state index is 0.113. The first-order valence-electron chi connectivity index (χ1n) is 5.57. The summed E-state index contributed by atoms with van der Waals surface area (Å²) in [5, 5.41) is 3.38. The van der Waals surface area contributed by atoms with Crippen molar-refractivity contribution in [3.63, 3.8) is 0 Å². The van der Waals surface area contributed by atoms with Gasteiger partial charge >= 0.3 is 0 Å². The topological polar surface area (TPSA) is 12.0 Å². The first-order chi connectivity index (χ1) is 7.72. The van der Waals surface area contributed by atoms with Crippen molar-refractivity contribution >= 4 is 5.69 Å². The molecule has 0 aliphatic heterocycles. The van der Waals surface area contributed by atoms with Crippen LogP contribution in [0.25, 0.3) is 0 Å². The van der Waals surface area contributed by atoms with E-state index in [1.807, 2.05) is 24.3 Å². The van der Waals surface area contributed by atoms with E-state index in [9.17, 15) is 0 Å². The van der Waals surface area contributed by atoms with Gasteiger partial charge < -0.3 is 5.32 Å². The zero-order chi connectivity index (χ0) is 11.4. The Morgan fingerprint density at radius 2 is 2.06 bits per heavy atom. The highest BCUT2D eigenvalue weighted by Crippen LogP contribution is 2.30. The van der Waals surface area contributed by atoms with Crippen LogP contribution in [0.4, 0.5) is 5.69 Å². The second-order valence-electron chi connectivity index (χ2n) is 4.40. The number of hydrogen-bond donors (Lipinski definition) is 1. The zero-order valence-electron chi connectivity index (χ0n) is 9.61. The summed E-state index contributed by atoms with van der Waals surface area (Å²) in [5.41, 5.74) is 2.40. The first kappa shape index (κ1) is 10.7. The summed E-state index contributed by atoms with van der Waals surface area (Å²) in [5.74, 6) is 0.